The van der Waals surface area contributed by atoms with Crippen molar-refractivity contribution >= 4 is 11.6 Å². The minimum absolute atomic E-state index is 0.000525. The fourth-order valence-corrected chi connectivity index (χ4v) is 1.28. The van der Waals surface area contributed by atoms with Gasteiger partial charge in [0.2, 0.25) is 0 Å². The zero-order valence-corrected chi connectivity index (χ0v) is 8.58. The van der Waals surface area contributed by atoms with E-state index in [0.29, 0.717) is 6.07 Å². The third kappa shape index (κ3) is 2.21. The molecule has 0 N–H and O–H groups in total. The molecular formula is C10H10ClF3. The summed E-state index contributed by atoms with van der Waals surface area (Å²) in [4.78, 5) is 0. The van der Waals surface area contributed by atoms with Crippen LogP contribution < -0.4 is 0 Å². The van der Waals surface area contributed by atoms with Gasteiger partial charge in [-0.05, 0) is 12.0 Å². The van der Waals surface area contributed by atoms with Crippen molar-refractivity contribution in [2.45, 2.75) is 19.2 Å². The fraction of sp³-hybridized carbons (Fsp3) is 0.400. The first-order valence-electron chi connectivity index (χ1n) is 4.22. The lowest BCUT2D eigenvalue weighted by atomic mass is 10.0. The first-order chi connectivity index (χ1) is 6.43. The first-order valence-corrected chi connectivity index (χ1v) is 4.65. The molecule has 1 atom stereocenters. The molecule has 0 aliphatic heterocycles. The Bertz CT molecular complexity index is 336. The molecule has 0 amide bonds. The highest BCUT2D eigenvalue weighted by atomic mass is 35.5. The van der Waals surface area contributed by atoms with Crippen molar-refractivity contribution in [1.82, 2.24) is 0 Å². The maximum absolute atomic E-state index is 13.2. The molecule has 0 radical (unpaired) electrons. The minimum Gasteiger partial charge on any atom is -0.207 e. The number of alkyl halides is 1. The van der Waals surface area contributed by atoms with Crippen molar-refractivity contribution in [2.75, 3.05) is 0 Å². The van der Waals surface area contributed by atoms with E-state index in [9.17, 15) is 13.2 Å². The Morgan fingerprint density at radius 2 is 1.50 bits per heavy atom. The number of halogens is 4. The molecule has 0 spiro atoms. The Morgan fingerprint density at radius 3 is 2.00 bits per heavy atom. The van der Waals surface area contributed by atoms with Crippen LogP contribution in [-0.2, 0) is 0 Å². The second-order valence-corrected chi connectivity index (χ2v) is 3.90. The molecule has 0 heterocycles. The van der Waals surface area contributed by atoms with Crippen LogP contribution in [0.4, 0.5) is 13.2 Å². The first kappa shape index (κ1) is 11.4. The van der Waals surface area contributed by atoms with Crippen molar-refractivity contribution in [2.24, 2.45) is 5.92 Å². The van der Waals surface area contributed by atoms with Gasteiger partial charge < -0.3 is 0 Å². The smallest absolute Gasteiger partial charge is 0.161 e. The molecule has 78 valence electrons. The van der Waals surface area contributed by atoms with Crippen molar-refractivity contribution in [3.8, 4) is 0 Å². The van der Waals surface area contributed by atoms with E-state index >= 15 is 0 Å². The molecule has 1 rings (SSSR count). The molecule has 1 aromatic carbocycles. The average molecular weight is 223 g/mol. The second kappa shape index (κ2) is 4.22. The van der Waals surface area contributed by atoms with Gasteiger partial charge in [-0.25, -0.2) is 13.2 Å². The zero-order valence-electron chi connectivity index (χ0n) is 7.82. The number of rotatable bonds is 2. The molecule has 4 heteroatoms. The van der Waals surface area contributed by atoms with Gasteiger partial charge in [0.25, 0.3) is 0 Å². The minimum atomic E-state index is -1.20. The molecule has 0 saturated heterocycles. The van der Waals surface area contributed by atoms with E-state index in [1.165, 1.54) is 0 Å². The van der Waals surface area contributed by atoms with Crippen LogP contribution >= 0.6 is 11.6 Å². The Hall–Kier alpha value is -0.700. The molecule has 0 aromatic heterocycles. The third-order valence-corrected chi connectivity index (χ3v) is 2.66. The lowest BCUT2D eigenvalue weighted by Crippen LogP contribution is -2.04. The number of hydrogen-bond donors (Lipinski definition) is 0. The fourth-order valence-electron chi connectivity index (χ4n) is 1.11. The Balaban J connectivity index is 3.15. The van der Waals surface area contributed by atoms with Crippen LogP contribution in [-0.4, -0.2) is 0 Å². The molecule has 0 fully saturated rings. The van der Waals surface area contributed by atoms with Gasteiger partial charge in [-0.15, -0.1) is 11.6 Å². The van der Waals surface area contributed by atoms with Gasteiger partial charge in [-0.2, -0.15) is 0 Å². The normalized spacial score (nSPS) is 13.4. The molecule has 1 unspecified atom stereocenters. The van der Waals surface area contributed by atoms with Crippen LogP contribution in [0.15, 0.2) is 12.1 Å². The quantitative estimate of drug-likeness (QED) is 0.523. The van der Waals surface area contributed by atoms with E-state index in [1.807, 2.05) is 0 Å². The van der Waals surface area contributed by atoms with Crippen LogP contribution in [0.1, 0.15) is 24.8 Å². The van der Waals surface area contributed by atoms with Gasteiger partial charge in [-0.1, -0.05) is 13.8 Å². The van der Waals surface area contributed by atoms with Crippen LogP contribution in [0.3, 0.4) is 0 Å². The lowest BCUT2D eigenvalue weighted by molar-refractivity contribution is 0.483. The molecule has 0 nitrogen and oxygen atoms in total. The van der Waals surface area contributed by atoms with E-state index < -0.39 is 22.8 Å². The summed E-state index contributed by atoms with van der Waals surface area (Å²) in [6.45, 7) is 3.55. The van der Waals surface area contributed by atoms with Crippen molar-refractivity contribution in [1.29, 1.82) is 0 Å². The summed E-state index contributed by atoms with van der Waals surface area (Å²) >= 11 is 5.84. The molecule has 0 saturated carbocycles. The largest absolute Gasteiger partial charge is 0.207 e. The standard InChI is InChI=1S/C10H10ClF3/c1-5(2)10(11)6-3-8(13)9(14)4-7(6)12/h3-5,10H,1-2H3. The molecule has 0 aliphatic carbocycles. The van der Waals surface area contributed by atoms with E-state index in [2.05, 4.69) is 0 Å². The Kier molecular flexibility index (Phi) is 3.43. The van der Waals surface area contributed by atoms with Crippen LogP contribution in [0.25, 0.3) is 0 Å². The maximum atomic E-state index is 13.2. The Labute approximate surface area is 85.7 Å². The highest BCUT2D eigenvalue weighted by Gasteiger charge is 2.19. The molecule has 1 aromatic rings. The molecule has 0 bridgehead atoms. The summed E-state index contributed by atoms with van der Waals surface area (Å²) in [5, 5.41) is -0.648. The van der Waals surface area contributed by atoms with E-state index in [0.717, 1.165) is 6.07 Å². The number of hydrogen-bond acceptors (Lipinski definition) is 0. The zero-order chi connectivity index (χ0) is 10.9. The summed E-state index contributed by atoms with van der Waals surface area (Å²) in [5.74, 6) is -3.12. The summed E-state index contributed by atoms with van der Waals surface area (Å²) in [7, 11) is 0. The molecular weight excluding hydrogens is 213 g/mol. The third-order valence-electron chi connectivity index (χ3n) is 1.92. The van der Waals surface area contributed by atoms with Crippen molar-refractivity contribution < 1.29 is 13.2 Å². The molecule has 0 aliphatic rings. The van der Waals surface area contributed by atoms with Gasteiger partial charge in [0.15, 0.2) is 11.6 Å². The topological polar surface area (TPSA) is 0 Å². The van der Waals surface area contributed by atoms with Gasteiger partial charge in [0.05, 0.1) is 5.38 Å². The summed E-state index contributed by atoms with van der Waals surface area (Å²) < 4.78 is 38.5. The highest BCUT2D eigenvalue weighted by molar-refractivity contribution is 6.20. The van der Waals surface area contributed by atoms with Crippen LogP contribution in [0.2, 0.25) is 0 Å². The monoisotopic (exact) mass is 222 g/mol. The lowest BCUT2D eigenvalue weighted by Gasteiger charge is -2.14. The SMILES string of the molecule is CC(C)C(Cl)c1cc(F)c(F)cc1F. The van der Waals surface area contributed by atoms with E-state index in [4.69, 9.17) is 11.6 Å². The number of benzene rings is 1. The predicted molar refractivity (Wildman–Crippen MR) is 49.7 cm³/mol. The van der Waals surface area contributed by atoms with Gasteiger partial charge in [-0.3, -0.25) is 0 Å². The Morgan fingerprint density at radius 1 is 1.00 bits per heavy atom. The van der Waals surface area contributed by atoms with Crippen molar-refractivity contribution in [3.63, 3.8) is 0 Å². The highest BCUT2D eigenvalue weighted by Crippen LogP contribution is 2.31. The van der Waals surface area contributed by atoms with E-state index in [-0.39, 0.29) is 11.5 Å². The predicted octanol–water partition coefficient (Wildman–Crippen LogP) is 4.04. The van der Waals surface area contributed by atoms with Gasteiger partial charge in [0.1, 0.15) is 5.82 Å². The van der Waals surface area contributed by atoms with Crippen molar-refractivity contribution in [3.05, 3.63) is 35.1 Å². The van der Waals surface area contributed by atoms with Crippen LogP contribution in [0.5, 0.6) is 0 Å². The summed E-state index contributed by atoms with van der Waals surface area (Å²) in [6.07, 6.45) is 0. The second-order valence-electron chi connectivity index (χ2n) is 3.43. The molecule has 14 heavy (non-hydrogen) atoms. The van der Waals surface area contributed by atoms with Gasteiger partial charge >= 0.3 is 0 Å². The average Bonchev–Trinajstić information content (AvgIpc) is 2.10. The van der Waals surface area contributed by atoms with Gasteiger partial charge in [0, 0.05) is 11.6 Å². The van der Waals surface area contributed by atoms with E-state index in [1.54, 1.807) is 13.8 Å². The maximum Gasteiger partial charge on any atom is 0.161 e. The summed E-state index contributed by atoms with van der Waals surface area (Å²) in [5.41, 5.74) is 0.000525. The van der Waals surface area contributed by atoms with Crippen LogP contribution in [0, 0.1) is 23.4 Å². The summed E-state index contributed by atoms with van der Waals surface area (Å²) in [6, 6.07) is 1.32.